The van der Waals surface area contributed by atoms with Crippen LogP contribution >= 0.6 is 0 Å². The Morgan fingerprint density at radius 2 is 1.22 bits per heavy atom. The van der Waals surface area contributed by atoms with E-state index in [1.165, 1.54) is 36.7 Å². The Morgan fingerprint density at radius 1 is 0.780 bits per heavy atom. The molecule has 0 amide bonds. The van der Waals surface area contributed by atoms with Crippen molar-refractivity contribution in [1.29, 1.82) is 0 Å². The second-order valence-electron chi connectivity index (χ2n) is 11.5. The SMILES string of the molecule is CCOC(=O)CC1OB(O)c2cc(Oc3cc(N)cc[n+]3O)cc(C)c21.Cc1cc(Oc2cc(N)cc[n+]2O)cc2c1C(CC(=O)O)OB2O. The predicted molar refractivity (Wildman–Crippen MR) is 175 cm³/mol. The standard InChI is InChI=1S/C17H19BN2O6.C15H15BN2O6/c1-3-24-16(21)9-14-17-10(2)6-12(8-13(17)18(22)26-14)25-15-7-11(19)4-5-20(15)23;1-8-4-10(23-13-5-9(17)2-3-18(13)22)6-11-15(8)12(7-14(19)20)24-16(11)21/h4-8,14,19,22-23H,3,9H2,1-2H3;2-6,12,17,21-22H,7H2,1H3,(H,19,20)/p+2. The Kier molecular flexibility index (Phi) is 10.7. The van der Waals surface area contributed by atoms with Crippen LogP contribution in [0.1, 0.15) is 54.2 Å². The van der Waals surface area contributed by atoms with E-state index in [4.69, 9.17) is 40.1 Å². The molecule has 0 radical (unpaired) electrons. The van der Waals surface area contributed by atoms with E-state index in [-0.39, 0.29) is 31.2 Å². The average molecular weight is 690 g/mol. The molecule has 4 heterocycles. The summed E-state index contributed by atoms with van der Waals surface area (Å²) in [5.74, 6) is -0.419. The van der Waals surface area contributed by atoms with Gasteiger partial charge in [-0.2, -0.15) is 0 Å². The summed E-state index contributed by atoms with van der Waals surface area (Å²) in [5, 5.41) is 48.8. The molecule has 2 aromatic carbocycles. The molecule has 4 aromatic rings. The Morgan fingerprint density at radius 3 is 1.64 bits per heavy atom. The number of carbonyl (C=O) groups is 2. The number of esters is 1. The number of carboxylic acid groups (broad SMARTS) is 1. The number of hydrogen-bond acceptors (Lipinski definition) is 13. The number of carboxylic acids is 1. The lowest BCUT2D eigenvalue weighted by Gasteiger charge is -2.14. The molecule has 0 saturated carbocycles. The number of anilines is 2. The second kappa shape index (κ2) is 14.9. The summed E-state index contributed by atoms with van der Waals surface area (Å²) in [6, 6.07) is 12.5. The highest BCUT2D eigenvalue weighted by Gasteiger charge is 2.39. The van der Waals surface area contributed by atoms with Crippen molar-refractivity contribution in [2.45, 2.75) is 45.8 Å². The van der Waals surface area contributed by atoms with Gasteiger partial charge in [-0.3, -0.25) is 20.0 Å². The van der Waals surface area contributed by atoms with Crippen LogP contribution in [0.3, 0.4) is 0 Å². The summed E-state index contributed by atoms with van der Waals surface area (Å²) >= 11 is 0. The van der Waals surface area contributed by atoms with Crippen LogP contribution in [0.25, 0.3) is 0 Å². The number of aryl methyl sites for hydroxylation is 2. The third-order valence-electron chi connectivity index (χ3n) is 7.86. The smallest absolute Gasteiger partial charge is 0.481 e. The third kappa shape index (κ3) is 8.01. The van der Waals surface area contributed by atoms with Gasteiger partial charge in [0.1, 0.15) is 11.5 Å². The number of nitrogens with two attached hydrogens (primary N) is 2. The zero-order chi connectivity index (χ0) is 36.3. The van der Waals surface area contributed by atoms with Crippen LogP contribution in [0, 0.1) is 13.8 Å². The molecule has 0 bridgehead atoms. The molecule has 0 spiro atoms. The molecule has 16 nitrogen and oxygen atoms in total. The molecular formula is C32H36B2N4O12+2. The maximum atomic E-state index is 11.8. The van der Waals surface area contributed by atoms with Crippen molar-refractivity contribution in [1.82, 2.24) is 0 Å². The van der Waals surface area contributed by atoms with Crippen molar-refractivity contribution < 1.29 is 68.1 Å². The molecule has 9 N–H and O–H groups in total. The maximum absolute atomic E-state index is 11.8. The number of nitrogens with zero attached hydrogens (tertiary/aromatic N) is 2. The molecular weight excluding hydrogens is 654 g/mol. The van der Waals surface area contributed by atoms with E-state index in [1.54, 1.807) is 38.1 Å². The van der Waals surface area contributed by atoms with E-state index in [0.717, 1.165) is 26.2 Å². The lowest BCUT2D eigenvalue weighted by Crippen LogP contribution is -2.31. The first-order chi connectivity index (χ1) is 23.7. The molecule has 2 aliphatic rings. The fraction of sp³-hybridized carbons (Fsp3) is 0.250. The molecule has 0 fully saturated rings. The number of pyridine rings is 2. The summed E-state index contributed by atoms with van der Waals surface area (Å²) in [7, 11) is -2.40. The Bertz CT molecular complexity index is 1930. The van der Waals surface area contributed by atoms with E-state index in [1.807, 2.05) is 6.92 Å². The first-order valence-electron chi connectivity index (χ1n) is 15.4. The number of aromatic nitrogens is 2. The number of ether oxygens (including phenoxy) is 3. The number of aliphatic carboxylic acids is 1. The zero-order valence-electron chi connectivity index (χ0n) is 27.3. The summed E-state index contributed by atoms with van der Waals surface area (Å²) in [5.41, 5.74) is 16.1. The Balaban J connectivity index is 0.000000195. The molecule has 2 aromatic heterocycles. The molecule has 2 aliphatic heterocycles. The van der Waals surface area contributed by atoms with Gasteiger partial charge in [-0.25, -0.2) is 0 Å². The van der Waals surface area contributed by atoms with E-state index in [0.29, 0.717) is 39.4 Å². The van der Waals surface area contributed by atoms with Crippen LogP contribution in [0.5, 0.6) is 23.3 Å². The Labute approximate surface area is 286 Å². The predicted octanol–water partition coefficient (Wildman–Crippen LogP) is 0.734. The molecule has 2 atom stereocenters. The van der Waals surface area contributed by atoms with Gasteiger partial charge in [-0.05, 0) is 78.2 Å². The van der Waals surface area contributed by atoms with Gasteiger partial charge in [0.2, 0.25) is 12.4 Å². The highest BCUT2D eigenvalue weighted by atomic mass is 16.6. The lowest BCUT2D eigenvalue weighted by atomic mass is 9.77. The molecule has 260 valence electrons. The van der Waals surface area contributed by atoms with Gasteiger partial charge in [0.25, 0.3) is 0 Å². The van der Waals surface area contributed by atoms with Crippen LogP contribution in [0.15, 0.2) is 60.9 Å². The van der Waals surface area contributed by atoms with Crippen molar-refractivity contribution in [3.05, 3.63) is 83.2 Å². The van der Waals surface area contributed by atoms with Crippen molar-refractivity contribution >= 4 is 48.5 Å². The number of benzene rings is 2. The van der Waals surface area contributed by atoms with Crippen LogP contribution in [0.2, 0.25) is 0 Å². The summed E-state index contributed by atoms with van der Waals surface area (Å²) < 4.78 is 28.6. The van der Waals surface area contributed by atoms with Crippen molar-refractivity contribution in [3.8, 4) is 23.3 Å². The van der Waals surface area contributed by atoms with Crippen molar-refractivity contribution in [2.75, 3.05) is 18.1 Å². The highest BCUT2D eigenvalue weighted by molar-refractivity contribution is 6.62. The topological polar surface area (TPSA) is 241 Å². The largest absolute Gasteiger partial charge is 0.492 e. The first-order valence-corrected chi connectivity index (χ1v) is 15.4. The number of fused-ring (bicyclic) bond motifs is 2. The molecule has 18 heteroatoms. The minimum Gasteiger partial charge on any atom is -0.481 e. The summed E-state index contributed by atoms with van der Waals surface area (Å²) in [6.45, 7) is 5.62. The average Bonchev–Trinajstić information content (AvgIpc) is 3.52. The summed E-state index contributed by atoms with van der Waals surface area (Å²) in [6.07, 6.45) is 1.19. The zero-order valence-corrected chi connectivity index (χ0v) is 27.3. The number of rotatable bonds is 9. The van der Waals surface area contributed by atoms with Gasteiger partial charge in [0, 0.05) is 33.0 Å². The number of nitrogen functional groups attached to an aromatic ring is 2. The van der Waals surface area contributed by atoms with Crippen LogP contribution in [-0.4, -0.2) is 58.4 Å². The number of carbonyl (C=O) groups excluding carboxylic acids is 1. The van der Waals surface area contributed by atoms with Crippen LogP contribution in [-0.2, 0) is 23.6 Å². The Hall–Kier alpha value is -5.55. The van der Waals surface area contributed by atoms with Gasteiger partial charge < -0.3 is 50.1 Å². The van der Waals surface area contributed by atoms with E-state index in [9.17, 15) is 30.1 Å². The second-order valence-corrected chi connectivity index (χ2v) is 11.5. The minimum atomic E-state index is -1.23. The van der Waals surface area contributed by atoms with Crippen LogP contribution in [0.4, 0.5) is 11.4 Å². The summed E-state index contributed by atoms with van der Waals surface area (Å²) in [4.78, 5) is 22.7. The van der Waals surface area contributed by atoms with E-state index < -0.39 is 38.4 Å². The van der Waals surface area contributed by atoms with Crippen molar-refractivity contribution in [2.24, 2.45) is 0 Å². The minimum absolute atomic E-state index is 0.0187. The molecule has 2 unspecified atom stereocenters. The maximum Gasteiger partial charge on any atom is 0.492 e. The highest BCUT2D eigenvalue weighted by Crippen LogP contribution is 2.34. The third-order valence-corrected chi connectivity index (χ3v) is 7.86. The molecule has 6 rings (SSSR count). The molecule has 50 heavy (non-hydrogen) atoms. The van der Waals surface area contributed by atoms with Crippen molar-refractivity contribution in [3.63, 3.8) is 0 Å². The fourth-order valence-corrected chi connectivity index (χ4v) is 5.78. The molecule has 0 saturated heterocycles. The normalized spacial score (nSPS) is 15.9. The fourth-order valence-electron chi connectivity index (χ4n) is 5.78. The van der Waals surface area contributed by atoms with Gasteiger partial charge >= 0.3 is 37.9 Å². The van der Waals surface area contributed by atoms with Crippen LogP contribution < -0.4 is 41.3 Å². The van der Waals surface area contributed by atoms with Gasteiger partial charge in [0.15, 0.2) is 0 Å². The molecule has 0 aliphatic carbocycles. The van der Waals surface area contributed by atoms with E-state index >= 15 is 0 Å². The first kappa shape index (κ1) is 35.7. The van der Waals surface area contributed by atoms with Gasteiger partial charge in [-0.1, -0.05) is 0 Å². The number of hydrogen-bond donors (Lipinski definition) is 7. The lowest BCUT2D eigenvalue weighted by molar-refractivity contribution is -0.905. The van der Waals surface area contributed by atoms with Gasteiger partial charge in [0.05, 0.1) is 43.8 Å². The van der Waals surface area contributed by atoms with Gasteiger partial charge in [-0.15, -0.1) is 0 Å². The van der Waals surface area contributed by atoms with E-state index in [2.05, 4.69) is 0 Å². The quantitative estimate of drug-likeness (QED) is 0.0555. The monoisotopic (exact) mass is 690 g/mol.